The summed E-state index contributed by atoms with van der Waals surface area (Å²) in [6.45, 7) is 0.986. The van der Waals surface area contributed by atoms with Crippen molar-refractivity contribution < 1.29 is 19.8 Å². The average molecular weight is 273 g/mol. The normalized spacial score (nSPS) is 18.4. The number of aliphatic hydroxyl groups excluding tert-OH is 1. The lowest BCUT2D eigenvalue weighted by Gasteiger charge is -2.35. The van der Waals surface area contributed by atoms with Gasteiger partial charge in [-0.2, -0.15) is 0 Å². The van der Waals surface area contributed by atoms with Crippen molar-refractivity contribution in [2.24, 2.45) is 0 Å². The van der Waals surface area contributed by atoms with E-state index in [9.17, 15) is 9.59 Å². The molecule has 1 saturated heterocycles. The fraction of sp³-hybridized carbons (Fsp3) is 0.833. The monoisotopic (exact) mass is 273 g/mol. The number of hydrogen-bond acceptors (Lipinski definition) is 4. The van der Waals surface area contributed by atoms with Crippen LogP contribution < -0.4 is 5.32 Å². The van der Waals surface area contributed by atoms with E-state index in [1.54, 1.807) is 4.90 Å². The molecule has 0 unspecified atom stereocenters. The number of carbonyl (C=O) groups is 2. The Balaban J connectivity index is 2.44. The molecule has 110 valence electrons. The van der Waals surface area contributed by atoms with Crippen LogP contribution in [0.1, 0.15) is 19.3 Å². The van der Waals surface area contributed by atoms with Gasteiger partial charge in [0.1, 0.15) is 6.04 Å². The van der Waals surface area contributed by atoms with Crippen LogP contribution in [0.4, 0.5) is 4.79 Å². The van der Waals surface area contributed by atoms with Crippen LogP contribution in [0.5, 0.6) is 0 Å². The van der Waals surface area contributed by atoms with Gasteiger partial charge in [-0.05, 0) is 26.9 Å². The molecule has 0 spiro atoms. The largest absolute Gasteiger partial charge is 0.480 e. The number of likely N-dealkylation sites (tertiary alicyclic amines) is 1. The zero-order valence-corrected chi connectivity index (χ0v) is 11.5. The van der Waals surface area contributed by atoms with Crippen molar-refractivity contribution in [1.29, 1.82) is 0 Å². The topological polar surface area (TPSA) is 93.1 Å². The molecule has 1 heterocycles. The Morgan fingerprint density at radius 2 is 1.95 bits per heavy atom. The standard InChI is InChI=1S/C12H23N3O4/c1-14(2)9-3-6-15(7-4-9)12(19)13-10(5-8-16)11(17)18/h9-10,16H,3-8H2,1-2H3,(H,13,19)(H,17,18)/t10-/m1/s1. The third-order valence-corrected chi connectivity index (χ3v) is 3.50. The minimum absolute atomic E-state index is 0.0231. The molecule has 0 aromatic heterocycles. The molecule has 7 heteroatoms. The quantitative estimate of drug-likeness (QED) is 0.631. The van der Waals surface area contributed by atoms with Crippen molar-refractivity contribution in [3.8, 4) is 0 Å². The van der Waals surface area contributed by atoms with E-state index in [4.69, 9.17) is 10.2 Å². The first-order chi connectivity index (χ1) is 8.95. The van der Waals surface area contributed by atoms with Gasteiger partial charge < -0.3 is 25.3 Å². The maximum atomic E-state index is 11.9. The fourth-order valence-corrected chi connectivity index (χ4v) is 2.21. The average Bonchev–Trinajstić information content (AvgIpc) is 2.38. The van der Waals surface area contributed by atoms with Crippen LogP contribution in [0.25, 0.3) is 0 Å². The van der Waals surface area contributed by atoms with E-state index < -0.39 is 12.0 Å². The zero-order chi connectivity index (χ0) is 14.4. The molecule has 0 bridgehead atoms. The Hall–Kier alpha value is -1.34. The summed E-state index contributed by atoms with van der Waals surface area (Å²) < 4.78 is 0. The molecule has 1 aliphatic heterocycles. The second-order valence-electron chi connectivity index (χ2n) is 5.03. The summed E-state index contributed by atoms with van der Waals surface area (Å²) in [6.07, 6.45) is 1.80. The van der Waals surface area contributed by atoms with Crippen molar-refractivity contribution in [2.75, 3.05) is 33.8 Å². The lowest BCUT2D eigenvalue weighted by molar-refractivity contribution is -0.139. The van der Waals surface area contributed by atoms with Crippen LogP contribution in [0, 0.1) is 0 Å². The van der Waals surface area contributed by atoms with Gasteiger partial charge in [-0.3, -0.25) is 0 Å². The number of aliphatic hydroxyl groups is 1. The van der Waals surface area contributed by atoms with E-state index in [1.807, 2.05) is 14.1 Å². The third kappa shape index (κ3) is 4.68. The number of nitrogens with zero attached hydrogens (tertiary/aromatic N) is 2. The van der Waals surface area contributed by atoms with Crippen molar-refractivity contribution in [1.82, 2.24) is 15.1 Å². The van der Waals surface area contributed by atoms with Crippen LogP contribution in [0.3, 0.4) is 0 Å². The van der Waals surface area contributed by atoms with Gasteiger partial charge in [0.2, 0.25) is 0 Å². The van der Waals surface area contributed by atoms with Crippen LogP contribution in [-0.2, 0) is 4.79 Å². The number of rotatable bonds is 5. The lowest BCUT2D eigenvalue weighted by atomic mass is 10.0. The molecule has 0 saturated carbocycles. The number of carboxylic acid groups (broad SMARTS) is 1. The van der Waals surface area contributed by atoms with Crippen molar-refractivity contribution in [3.63, 3.8) is 0 Å². The molecule has 0 radical (unpaired) electrons. The van der Waals surface area contributed by atoms with Gasteiger partial charge in [-0.1, -0.05) is 0 Å². The van der Waals surface area contributed by atoms with Gasteiger partial charge in [0.25, 0.3) is 0 Å². The Morgan fingerprint density at radius 3 is 2.37 bits per heavy atom. The molecule has 1 fully saturated rings. The molecule has 1 rings (SSSR count). The Morgan fingerprint density at radius 1 is 1.37 bits per heavy atom. The third-order valence-electron chi connectivity index (χ3n) is 3.50. The minimum atomic E-state index is -1.12. The fourth-order valence-electron chi connectivity index (χ4n) is 2.21. The van der Waals surface area contributed by atoms with E-state index in [0.29, 0.717) is 19.1 Å². The molecule has 19 heavy (non-hydrogen) atoms. The van der Waals surface area contributed by atoms with Crippen LogP contribution in [0.2, 0.25) is 0 Å². The van der Waals surface area contributed by atoms with Gasteiger partial charge in [0, 0.05) is 32.2 Å². The molecule has 7 nitrogen and oxygen atoms in total. The van der Waals surface area contributed by atoms with Crippen LogP contribution in [0.15, 0.2) is 0 Å². The SMILES string of the molecule is CN(C)C1CCN(C(=O)N[C@H](CCO)C(=O)O)CC1. The summed E-state index contributed by atoms with van der Waals surface area (Å²) in [4.78, 5) is 26.6. The number of amides is 2. The zero-order valence-electron chi connectivity index (χ0n) is 11.5. The van der Waals surface area contributed by atoms with Crippen LogP contribution in [-0.4, -0.2) is 77.9 Å². The predicted molar refractivity (Wildman–Crippen MR) is 69.9 cm³/mol. The summed E-state index contributed by atoms with van der Waals surface area (Å²) in [5.41, 5.74) is 0. The van der Waals surface area contributed by atoms with E-state index in [2.05, 4.69) is 10.2 Å². The smallest absolute Gasteiger partial charge is 0.326 e. The Bertz CT molecular complexity index is 314. The molecule has 0 aromatic carbocycles. The molecule has 2 amide bonds. The van der Waals surface area contributed by atoms with Crippen molar-refractivity contribution >= 4 is 12.0 Å². The first-order valence-electron chi connectivity index (χ1n) is 6.51. The number of piperidine rings is 1. The molecular weight excluding hydrogens is 250 g/mol. The van der Waals surface area contributed by atoms with Gasteiger partial charge in [0.05, 0.1) is 0 Å². The summed E-state index contributed by atoms with van der Waals surface area (Å²) in [7, 11) is 4.03. The van der Waals surface area contributed by atoms with Gasteiger partial charge >= 0.3 is 12.0 Å². The van der Waals surface area contributed by atoms with Crippen molar-refractivity contribution in [2.45, 2.75) is 31.3 Å². The second-order valence-corrected chi connectivity index (χ2v) is 5.03. The maximum Gasteiger partial charge on any atom is 0.326 e. The summed E-state index contributed by atoms with van der Waals surface area (Å²) in [6, 6.07) is -0.918. The van der Waals surface area contributed by atoms with E-state index in [1.165, 1.54) is 0 Å². The second kappa shape index (κ2) is 7.30. The number of carbonyl (C=O) groups excluding carboxylic acids is 1. The number of nitrogens with one attached hydrogen (secondary N) is 1. The highest BCUT2D eigenvalue weighted by Crippen LogP contribution is 2.14. The molecule has 0 aromatic rings. The minimum Gasteiger partial charge on any atom is -0.480 e. The van der Waals surface area contributed by atoms with E-state index >= 15 is 0 Å². The lowest BCUT2D eigenvalue weighted by Crippen LogP contribution is -2.52. The first kappa shape index (κ1) is 15.7. The van der Waals surface area contributed by atoms with E-state index in [0.717, 1.165) is 12.8 Å². The first-order valence-corrected chi connectivity index (χ1v) is 6.51. The van der Waals surface area contributed by atoms with Crippen LogP contribution >= 0.6 is 0 Å². The van der Waals surface area contributed by atoms with E-state index in [-0.39, 0.29) is 19.1 Å². The highest BCUT2D eigenvalue weighted by atomic mass is 16.4. The predicted octanol–water partition coefficient (Wildman–Crippen LogP) is -0.442. The molecule has 1 atom stereocenters. The van der Waals surface area contributed by atoms with Gasteiger partial charge in [-0.15, -0.1) is 0 Å². The highest BCUT2D eigenvalue weighted by molar-refractivity contribution is 5.82. The number of aliphatic carboxylic acids is 1. The van der Waals surface area contributed by atoms with Gasteiger partial charge in [-0.25, -0.2) is 9.59 Å². The molecule has 0 aliphatic carbocycles. The highest BCUT2D eigenvalue weighted by Gasteiger charge is 2.26. The van der Waals surface area contributed by atoms with Crippen molar-refractivity contribution in [3.05, 3.63) is 0 Å². The summed E-state index contributed by atoms with van der Waals surface area (Å²) in [5.74, 6) is -1.12. The maximum absolute atomic E-state index is 11.9. The number of urea groups is 1. The number of hydrogen-bond donors (Lipinski definition) is 3. The summed E-state index contributed by atoms with van der Waals surface area (Å²) in [5, 5.41) is 20.1. The Labute approximate surface area is 113 Å². The Kier molecular flexibility index (Phi) is 6.04. The molecule has 3 N–H and O–H groups in total. The molecular formula is C12H23N3O4. The molecule has 1 aliphatic rings. The number of carboxylic acids is 1. The summed E-state index contributed by atoms with van der Waals surface area (Å²) >= 11 is 0. The van der Waals surface area contributed by atoms with Gasteiger partial charge in [0.15, 0.2) is 0 Å².